The van der Waals surface area contributed by atoms with Gasteiger partial charge in [-0.15, -0.1) is 0 Å². The van der Waals surface area contributed by atoms with Crippen LogP contribution in [-0.2, 0) is 5.41 Å². The molecule has 9 aromatic carbocycles. The van der Waals surface area contributed by atoms with E-state index in [4.69, 9.17) is 4.42 Å². The number of benzene rings is 9. The van der Waals surface area contributed by atoms with Crippen molar-refractivity contribution in [3.8, 4) is 11.1 Å². The van der Waals surface area contributed by atoms with Crippen LogP contribution in [0.4, 0.5) is 17.1 Å². The Morgan fingerprint density at radius 3 is 1.57 bits per heavy atom. The van der Waals surface area contributed by atoms with Gasteiger partial charge in [-0.25, -0.2) is 0 Å². The Hall–Kier alpha value is -6.38. The summed E-state index contributed by atoms with van der Waals surface area (Å²) < 4.78 is 6.39. The van der Waals surface area contributed by atoms with Gasteiger partial charge in [0.1, 0.15) is 11.2 Å². The smallest absolute Gasteiger partial charge is 0.135 e. The minimum absolute atomic E-state index is 0.255. The second-order valence-corrected chi connectivity index (χ2v) is 14.5. The average Bonchev–Trinajstić information content (AvgIpc) is 3.66. The minimum atomic E-state index is -0.255. The van der Waals surface area contributed by atoms with Gasteiger partial charge < -0.3 is 9.32 Å². The van der Waals surface area contributed by atoms with Crippen molar-refractivity contribution in [3.05, 3.63) is 175 Å². The Morgan fingerprint density at radius 2 is 0.941 bits per heavy atom. The fourth-order valence-electron chi connectivity index (χ4n) is 9.10. The topological polar surface area (TPSA) is 16.4 Å². The van der Waals surface area contributed by atoms with E-state index in [1.807, 2.05) is 0 Å². The van der Waals surface area contributed by atoms with E-state index in [9.17, 15) is 0 Å². The van der Waals surface area contributed by atoms with E-state index in [1.54, 1.807) is 0 Å². The van der Waals surface area contributed by atoms with Gasteiger partial charge in [-0.3, -0.25) is 0 Å². The molecule has 2 nitrogen and oxygen atoms in total. The number of rotatable bonds is 3. The maximum absolute atomic E-state index is 6.39. The van der Waals surface area contributed by atoms with Crippen LogP contribution < -0.4 is 4.90 Å². The molecule has 0 unspecified atom stereocenters. The van der Waals surface area contributed by atoms with Gasteiger partial charge in [0, 0.05) is 32.6 Å². The molecule has 11 rings (SSSR count). The van der Waals surface area contributed by atoms with Crippen molar-refractivity contribution in [2.45, 2.75) is 19.3 Å². The van der Waals surface area contributed by atoms with Crippen molar-refractivity contribution in [2.75, 3.05) is 4.90 Å². The van der Waals surface area contributed by atoms with Crippen molar-refractivity contribution in [2.24, 2.45) is 0 Å². The van der Waals surface area contributed by atoms with E-state index in [2.05, 4.69) is 183 Å². The zero-order valence-electron chi connectivity index (χ0n) is 28.4. The van der Waals surface area contributed by atoms with E-state index in [1.165, 1.54) is 87.5 Å². The first kappa shape index (κ1) is 28.5. The lowest BCUT2D eigenvalue weighted by Gasteiger charge is -2.31. The summed E-state index contributed by atoms with van der Waals surface area (Å²) in [4.78, 5) is 2.52. The fourth-order valence-corrected chi connectivity index (χ4v) is 9.10. The van der Waals surface area contributed by atoms with Gasteiger partial charge in [-0.05, 0) is 91.0 Å². The number of nitrogens with zero attached hydrogens (tertiary/aromatic N) is 1. The van der Waals surface area contributed by atoms with Gasteiger partial charge in [-0.1, -0.05) is 141 Å². The highest BCUT2D eigenvalue weighted by atomic mass is 16.3. The molecule has 0 fully saturated rings. The molecule has 51 heavy (non-hydrogen) atoms. The first-order chi connectivity index (χ1) is 25.1. The lowest BCUT2D eigenvalue weighted by Crippen LogP contribution is -2.17. The molecule has 0 N–H and O–H groups in total. The fraction of sp³-hybridized carbons (Fsp3) is 0.0612. The van der Waals surface area contributed by atoms with Gasteiger partial charge in [0.15, 0.2) is 0 Å². The first-order valence-corrected chi connectivity index (χ1v) is 17.8. The molecule has 1 heterocycles. The number of para-hydroxylation sites is 1. The Kier molecular flexibility index (Phi) is 5.76. The summed E-state index contributed by atoms with van der Waals surface area (Å²) in [6.07, 6.45) is 0. The zero-order valence-corrected chi connectivity index (χ0v) is 28.4. The largest absolute Gasteiger partial charge is 0.456 e. The Labute approximate surface area is 295 Å². The molecule has 0 radical (unpaired) electrons. The molecule has 0 saturated carbocycles. The molecule has 0 saturated heterocycles. The third-order valence-corrected chi connectivity index (χ3v) is 11.4. The van der Waals surface area contributed by atoms with Gasteiger partial charge >= 0.3 is 0 Å². The van der Waals surface area contributed by atoms with Crippen LogP contribution >= 0.6 is 0 Å². The van der Waals surface area contributed by atoms with Crippen LogP contribution in [0.3, 0.4) is 0 Å². The van der Waals surface area contributed by atoms with Crippen LogP contribution in [0.15, 0.2) is 168 Å². The van der Waals surface area contributed by atoms with Crippen LogP contribution in [-0.4, -0.2) is 0 Å². The molecule has 1 aliphatic carbocycles. The third-order valence-electron chi connectivity index (χ3n) is 11.4. The van der Waals surface area contributed by atoms with Crippen LogP contribution in [0, 0.1) is 0 Å². The van der Waals surface area contributed by atoms with Gasteiger partial charge in [0.25, 0.3) is 0 Å². The number of fused-ring (bicyclic) bond motifs is 13. The van der Waals surface area contributed by atoms with Crippen molar-refractivity contribution in [1.29, 1.82) is 0 Å². The van der Waals surface area contributed by atoms with Crippen LogP contribution in [0.1, 0.15) is 25.0 Å². The Balaban J connectivity index is 1.23. The summed E-state index contributed by atoms with van der Waals surface area (Å²) in [5.41, 5.74) is 10.4. The number of anilines is 3. The molecule has 0 amide bonds. The summed E-state index contributed by atoms with van der Waals surface area (Å²) in [7, 11) is 0. The maximum atomic E-state index is 6.39. The quantitative estimate of drug-likeness (QED) is 0.177. The normalized spacial score (nSPS) is 13.5. The van der Waals surface area contributed by atoms with Crippen LogP contribution in [0.2, 0.25) is 0 Å². The number of furan rings is 1. The van der Waals surface area contributed by atoms with Gasteiger partial charge in [-0.2, -0.15) is 0 Å². The second kappa shape index (κ2) is 10.3. The van der Waals surface area contributed by atoms with Crippen LogP contribution in [0.25, 0.3) is 76.2 Å². The second-order valence-electron chi connectivity index (χ2n) is 14.5. The van der Waals surface area contributed by atoms with E-state index in [0.717, 1.165) is 16.9 Å². The lowest BCUT2D eigenvalue weighted by atomic mass is 9.80. The third kappa shape index (κ3) is 3.93. The summed E-state index contributed by atoms with van der Waals surface area (Å²) in [5.74, 6) is 0. The summed E-state index contributed by atoms with van der Waals surface area (Å²) in [5, 5.41) is 12.3. The molecular weight excluding hydrogens is 619 g/mol. The van der Waals surface area contributed by atoms with Crippen molar-refractivity contribution in [3.63, 3.8) is 0 Å². The molecule has 0 bridgehead atoms. The molecule has 1 aromatic heterocycles. The number of hydrogen-bond donors (Lipinski definition) is 0. The molecule has 1 aliphatic rings. The Bertz CT molecular complexity index is 2950. The monoisotopic (exact) mass is 651 g/mol. The number of hydrogen-bond acceptors (Lipinski definition) is 2. The highest BCUT2D eigenvalue weighted by Crippen LogP contribution is 2.55. The molecular formula is C49H33NO. The predicted octanol–water partition coefficient (Wildman–Crippen LogP) is 14.0. The molecule has 0 spiro atoms. The molecule has 0 atom stereocenters. The van der Waals surface area contributed by atoms with Crippen molar-refractivity contribution in [1.82, 2.24) is 0 Å². The summed E-state index contributed by atoms with van der Waals surface area (Å²) >= 11 is 0. The SMILES string of the molecule is CC1(C)c2cc(N(c3cc4ccccc4c4ccccc34)c3cc4ccccc4c4ccccc34)ccc2-c2ccc3oc4ccccc4c3c21. The minimum Gasteiger partial charge on any atom is -0.456 e. The lowest BCUT2D eigenvalue weighted by molar-refractivity contribution is 0.657. The van der Waals surface area contributed by atoms with E-state index >= 15 is 0 Å². The average molecular weight is 652 g/mol. The van der Waals surface area contributed by atoms with Crippen LogP contribution in [0.5, 0.6) is 0 Å². The van der Waals surface area contributed by atoms with Gasteiger partial charge in [0.2, 0.25) is 0 Å². The molecule has 0 aliphatic heterocycles. The highest BCUT2D eigenvalue weighted by Gasteiger charge is 2.39. The molecule has 2 heteroatoms. The summed E-state index contributed by atoms with van der Waals surface area (Å²) in [6, 6.07) is 60.0. The standard InChI is InChI=1S/C49H33NO/c1-49(2)42-29-32(23-24-37(42)40-25-26-46-47(48(40)49)41-21-11-12-22-45(41)51-46)50(43-27-30-13-3-5-15-33(30)35-17-7-9-19-38(35)43)44-28-31-14-4-6-16-34(31)36-18-8-10-20-39(36)44/h3-29H,1-2H3. The predicted molar refractivity (Wildman–Crippen MR) is 216 cm³/mol. The van der Waals surface area contributed by atoms with Crippen molar-refractivity contribution < 1.29 is 4.42 Å². The Morgan fingerprint density at radius 1 is 0.431 bits per heavy atom. The first-order valence-electron chi connectivity index (χ1n) is 17.8. The van der Waals surface area contributed by atoms with E-state index in [0.29, 0.717) is 0 Å². The summed E-state index contributed by atoms with van der Waals surface area (Å²) in [6.45, 7) is 4.76. The molecule has 10 aromatic rings. The zero-order chi connectivity index (χ0) is 33.8. The highest BCUT2D eigenvalue weighted by molar-refractivity contribution is 6.19. The van der Waals surface area contributed by atoms with E-state index in [-0.39, 0.29) is 5.41 Å². The van der Waals surface area contributed by atoms with Crippen molar-refractivity contribution >= 4 is 82.1 Å². The van der Waals surface area contributed by atoms with E-state index < -0.39 is 0 Å². The molecule has 240 valence electrons. The maximum Gasteiger partial charge on any atom is 0.135 e. The van der Waals surface area contributed by atoms with Gasteiger partial charge in [0.05, 0.1) is 11.4 Å².